The number of halogens is 1. The topological polar surface area (TPSA) is 55.5 Å². The van der Waals surface area contributed by atoms with E-state index >= 15 is 0 Å². The molecule has 0 unspecified atom stereocenters. The Morgan fingerprint density at radius 1 is 1.54 bits per heavy atom. The second-order valence-electron chi connectivity index (χ2n) is 2.71. The molecule has 1 heterocycles. The summed E-state index contributed by atoms with van der Waals surface area (Å²) in [4.78, 5) is 14.3. The van der Waals surface area contributed by atoms with Crippen molar-refractivity contribution < 1.29 is 4.92 Å². The molecule has 0 aromatic heterocycles. The molecule has 0 aliphatic carbocycles. The molecular formula is C8H5IN2O2. The Labute approximate surface area is 88.0 Å². The largest absolute Gasteiger partial charge is 0.273 e. The van der Waals surface area contributed by atoms with Gasteiger partial charge in [0.25, 0.3) is 5.69 Å². The summed E-state index contributed by atoms with van der Waals surface area (Å²) in [5.74, 6) is 0. The smallest absolute Gasteiger partial charge is 0.270 e. The van der Waals surface area contributed by atoms with Gasteiger partial charge in [-0.25, -0.2) is 0 Å². The normalized spacial score (nSPS) is 13.8. The average molecular weight is 288 g/mol. The van der Waals surface area contributed by atoms with Crippen LogP contribution in [0.15, 0.2) is 23.2 Å². The van der Waals surface area contributed by atoms with Gasteiger partial charge in [-0.1, -0.05) is 0 Å². The van der Waals surface area contributed by atoms with Crippen LogP contribution in [-0.4, -0.2) is 8.64 Å². The van der Waals surface area contributed by atoms with E-state index in [4.69, 9.17) is 0 Å². The number of hydrogen-bond donors (Lipinski definition) is 0. The van der Waals surface area contributed by atoms with Gasteiger partial charge in [0, 0.05) is 17.7 Å². The van der Waals surface area contributed by atoms with Crippen LogP contribution in [0.3, 0.4) is 0 Å². The maximum Gasteiger partial charge on any atom is 0.270 e. The molecule has 1 aromatic rings. The molecule has 0 saturated carbocycles. The molecule has 0 atom stereocenters. The van der Waals surface area contributed by atoms with Gasteiger partial charge in [-0.3, -0.25) is 15.1 Å². The van der Waals surface area contributed by atoms with Crippen LogP contribution in [0.1, 0.15) is 11.1 Å². The van der Waals surface area contributed by atoms with Gasteiger partial charge in [-0.2, -0.15) is 0 Å². The van der Waals surface area contributed by atoms with Gasteiger partial charge in [-0.05, 0) is 34.2 Å². The first kappa shape index (κ1) is 8.61. The van der Waals surface area contributed by atoms with E-state index in [0.29, 0.717) is 6.54 Å². The predicted octanol–water partition coefficient (Wildman–Crippen LogP) is 2.29. The zero-order valence-corrected chi connectivity index (χ0v) is 8.69. The van der Waals surface area contributed by atoms with Gasteiger partial charge in [0.05, 0.1) is 11.5 Å². The van der Waals surface area contributed by atoms with Crippen LogP contribution in [0.25, 0.3) is 0 Å². The first-order chi connectivity index (χ1) is 6.18. The summed E-state index contributed by atoms with van der Waals surface area (Å²) in [6.45, 7) is 0.644. The molecule has 0 saturated heterocycles. The van der Waals surface area contributed by atoms with Crippen molar-refractivity contribution in [2.75, 3.05) is 0 Å². The number of fused-ring (bicyclic) bond motifs is 1. The standard InChI is InChI=1S/C8H5IN2O2/c9-8-7-3-6(11(12)13)2-1-5(7)4-10-8/h1-3H,4H2. The number of rotatable bonds is 1. The van der Waals surface area contributed by atoms with E-state index < -0.39 is 0 Å². The van der Waals surface area contributed by atoms with E-state index in [1.165, 1.54) is 6.07 Å². The minimum Gasteiger partial charge on any atom is -0.273 e. The summed E-state index contributed by atoms with van der Waals surface area (Å²) in [6, 6.07) is 4.86. The zero-order valence-electron chi connectivity index (χ0n) is 6.53. The number of non-ortho nitro benzene ring substituents is 1. The van der Waals surface area contributed by atoms with E-state index in [0.717, 1.165) is 14.8 Å². The third kappa shape index (κ3) is 1.43. The highest BCUT2D eigenvalue weighted by atomic mass is 127. The molecule has 1 aliphatic rings. The van der Waals surface area contributed by atoms with E-state index in [1.54, 1.807) is 12.1 Å². The number of nitro groups is 1. The molecule has 5 heteroatoms. The molecule has 66 valence electrons. The van der Waals surface area contributed by atoms with Crippen molar-refractivity contribution in [3.63, 3.8) is 0 Å². The van der Waals surface area contributed by atoms with Crippen LogP contribution < -0.4 is 0 Å². The first-order valence-electron chi connectivity index (χ1n) is 3.66. The first-order valence-corrected chi connectivity index (χ1v) is 4.74. The minimum atomic E-state index is -0.386. The summed E-state index contributed by atoms with van der Waals surface area (Å²) in [7, 11) is 0. The van der Waals surface area contributed by atoms with E-state index in [2.05, 4.69) is 27.6 Å². The Hall–Kier alpha value is -0.980. The minimum absolute atomic E-state index is 0.130. The predicted molar refractivity (Wildman–Crippen MR) is 57.4 cm³/mol. The summed E-state index contributed by atoms with van der Waals surface area (Å²) in [5, 5.41) is 10.5. The summed E-state index contributed by atoms with van der Waals surface area (Å²) in [6.07, 6.45) is 0. The molecule has 0 amide bonds. The average Bonchev–Trinajstić information content (AvgIpc) is 2.47. The summed E-state index contributed by atoms with van der Waals surface area (Å²) < 4.78 is 0.858. The van der Waals surface area contributed by atoms with Gasteiger partial charge < -0.3 is 0 Å². The monoisotopic (exact) mass is 288 g/mol. The molecule has 1 aliphatic heterocycles. The van der Waals surface area contributed by atoms with Crippen LogP contribution in [0.2, 0.25) is 0 Å². The summed E-state index contributed by atoms with van der Waals surface area (Å²) >= 11 is 2.09. The second-order valence-corrected chi connectivity index (χ2v) is 3.73. The quantitative estimate of drug-likeness (QED) is 0.452. The van der Waals surface area contributed by atoms with Gasteiger partial charge in [0.1, 0.15) is 3.72 Å². The molecule has 13 heavy (non-hydrogen) atoms. The van der Waals surface area contributed by atoms with Crippen molar-refractivity contribution in [2.45, 2.75) is 6.54 Å². The van der Waals surface area contributed by atoms with E-state index in [9.17, 15) is 10.1 Å². The molecule has 0 spiro atoms. The van der Waals surface area contributed by atoms with Gasteiger partial charge in [0.15, 0.2) is 0 Å². The van der Waals surface area contributed by atoms with Crippen LogP contribution in [0.4, 0.5) is 5.69 Å². The Kier molecular flexibility index (Phi) is 2.03. The van der Waals surface area contributed by atoms with E-state index in [-0.39, 0.29) is 10.6 Å². The molecule has 0 N–H and O–H groups in total. The molecule has 0 fully saturated rings. The molecule has 2 rings (SSSR count). The lowest BCUT2D eigenvalue weighted by molar-refractivity contribution is -0.384. The number of benzene rings is 1. The SMILES string of the molecule is O=[N+]([O-])c1ccc2c(c1)C(I)=NC2. The molecule has 0 bridgehead atoms. The van der Waals surface area contributed by atoms with Gasteiger partial charge in [0.2, 0.25) is 0 Å². The van der Waals surface area contributed by atoms with Crippen LogP contribution >= 0.6 is 22.6 Å². The Morgan fingerprint density at radius 3 is 3.00 bits per heavy atom. The Morgan fingerprint density at radius 2 is 2.31 bits per heavy atom. The lowest BCUT2D eigenvalue weighted by Gasteiger charge is -1.97. The maximum atomic E-state index is 10.5. The fourth-order valence-electron chi connectivity index (χ4n) is 1.25. The highest BCUT2D eigenvalue weighted by Crippen LogP contribution is 2.26. The highest BCUT2D eigenvalue weighted by molar-refractivity contribution is 14.1. The summed E-state index contributed by atoms with van der Waals surface area (Å²) in [5.41, 5.74) is 2.09. The third-order valence-corrected chi connectivity index (χ3v) is 2.84. The van der Waals surface area contributed by atoms with Crippen molar-refractivity contribution >= 4 is 32.0 Å². The molecule has 1 aromatic carbocycles. The fourth-order valence-corrected chi connectivity index (χ4v) is 1.92. The van der Waals surface area contributed by atoms with Crippen molar-refractivity contribution in [2.24, 2.45) is 4.99 Å². The number of nitrogens with zero attached hydrogens (tertiary/aromatic N) is 2. The number of hydrogen-bond acceptors (Lipinski definition) is 3. The molecule has 4 nitrogen and oxygen atoms in total. The number of aliphatic imine (C=N–C) groups is 1. The highest BCUT2D eigenvalue weighted by Gasteiger charge is 2.17. The third-order valence-electron chi connectivity index (χ3n) is 1.91. The Bertz CT molecular complexity index is 415. The van der Waals surface area contributed by atoms with E-state index in [1.807, 2.05) is 0 Å². The lowest BCUT2D eigenvalue weighted by atomic mass is 10.1. The van der Waals surface area contributed by atoms with Crippen LogP contribution in [-0.2, 0) is 6.54 Å². The number of nitro benzene ring substituents is 1. The van der Waals surface area contributed by atoms with Crippen molar-refractivity contribution in [3.8, 4) is 0 Å². The van der Waals surface area contributed by atoms with Gasteiger partial charge >= 0.3 is 0 Å². The van der Waals surface area contributed by atoms with Gasteiger partial charge in [-0.15, -0.1) is 0 Å². The second kappa shape index (κ2) is 3.06. The van der Waals surface area contributed by atoms with Crippen LogP contribution in [0, 0.1) is 10.1 Å². The molecular weight excluding hydrogens is 283 g/mol. The van der Waals surface area contributed by atoms with Crippen molar-refractivity contribution in [1.82, 2.24) is 0 Å². The zero-order chi connectivity index (χ0) is 9.42. The van der Waals surface area contributed by atoms with Crippen molar-refractivity contribution in [3.05, 3.63) is 39.4 Å². The fraction of sp³-hybridized carbons (Fsp3) is 0.125. The Balaban J connectivity index is 2.53. The maximum absolute atomic E-state index is 10.5. The lowest BCUT2D eigenvalue weighted by Crippen LogP contribution is -1.93. The van der Waals surface area contributed by atoms with Crippen molar-refractivity contribution in [1.29, 1.82) is 0 Å². The molecule has 0 radical (unpaired) electrons. The van der Waals surface area contributed by atoms with Crippen LogP contribution in [0.5, 0.6) is 0 Å².